The molecule has 6 heteroatoms. The van der Waals surface area contributed by atoms with Gasteiger partial charge in [0.15, 0.2) is 0 Å². The molecule has 2 aromatic carbocycles. The van der Waals surface area contributed by atoms with Gasteiger partial charge in [-0.2, -0.15) is 0 Å². The average molecular weight is 510 g/mol. The Morgan fingerprint density at radius 3 is 1.29 bits per heavy atom. The van der Waals surface area contributed by atoms with E-state index in [9.17, 15) is 9.59 Å². The van der Waals surface area contributed by atoms with Crippen molar-refractivity contribution in [3.05, 3.63) is 59.7 Å². The van der Waals surface area contributed by atoms with Crippen LogP contribution in [0.5, 0.6) is 0 Å². The second-order valence-corrected chi connectivity index (χ2v) is 12.3. The van der Waals surface area contributed by atoms with Gasteiger partial charge in [0.05, 0.1) is 0 Å². The average Bonchev–Trinajstić information content (AvgIpc) is 2.74. The number of hydrogen-bond acceptors (Lipinski definition) is 2. The van der Waals surface area contributed by atoms with Crippen LogP contribution in [0, 0.1) is 0 Å². The summed E-state index contributed by atoms with van der Waals surface area (Å²) < 4.78 is 2.24. The minimum absolute atomic E-state index is 0.103. The van der Waals surface area contributed by atoms with Gasteiger partial charge in [-0.1, -0.05) is 0 Å². The van der Waals surface area contributed by atoms with E-state index in [1.165, 1.54) is 0 Å². The van der Waals surface area contributed by atoms with Crippen LogP contribution < -0.4 is 8.92 Å². The van der Waals surface area contributed by atoms with Crippen LogP contribution in [0.1, 0.15) is 48.4 Å². The Kier molecular flexibility index (Phi) is 9.27. The van der Waals surface area contributed by atoms with E-state index in [1.807, 2.05) is 73.9 Å². The van der Waals surface area contributed by atoms with Crippen molar-refractivity contribution in [3.63, 3.8) is 0 Å². The minimum atomic E-state index is 0.103. The predicted molar refractivity (Wildman–Crippen MR) is 118 cm³/mol. The molecule has 0 fully saturated rings. The van der Waals surface area contributed by atoms with E-state index in [4.69, 9.17) is 0 Å². The van der Waals surface area contributed by atoms with Crippen molar-refractivity contribution >= 4 is 47.0 Å². The molecule has 2 aromatic rings. The Balaban J connectivity index is 2.25. The first kappa shape index (κ1) is 22.7. The first-order valence-electron chi connectivity index (χ1n) is 9.68. The molecule has 0 radical (unpaired) electrons. The molecule has 0 saturated heterocycles. The van der Waals surface area contributed by atoms with E-state index >= 15 is 0 Å². The quantitative estimate of drug-likeness (QED) is 0.484. The molecule has 0 bridgehead atoms. The second kappa shape index (κ2) is 11.4. The summed E-state index contributed by atoms with van der Waals surface area (Å²) in [7, 11) is 0. The normalized spacial score (nSPS) is 10.6. The third-order valence-electron chi connectivity index (χ3n) is 4.56. The molecule has 0 spiro atoms. The van der Waals surface area contributed by atoms with Gasteiger partial charge in [-0.15, -0.1) is 0 Å². The van der Waals surface area contributed by atoms with Gasteiger partial charge in [-0.25, -0.2) is 0 Å². The van der Waals surface area contributed by atoms with Gasteiger partial charge in [0.1, 0.15) is 0 Å². The fraction of sp³-hybridized carbons (Fsp3) is 0.364. The topological polar surface area (TPSA) is 40.6 Å². The van der Waals surface area contributed by atoms with Crippen LogP contribution in [0.2, 0.25) is 0 Å². The molecule has 0 aliphatic heterocycles. The molecular formula is C22H28N2O2Se2. The summed E-state index contributed by atoms with van der Waals surface area (Å²) in [4.78, 5) is 29.4. The first-order chi connectivity index (χ1) is 13.6. The number of carbonyl (C=O) groups excluding carboxylic acids is 2. The summed E-state index contributed by atoms with van der Waals surface area (Å²) in [5, 5.41) is 0. The van der Waals surface area contributed by atoms with Crippen molar-refractivity contribution in [1.29, 1.82) is 0 Å². The van der Waals surface area contributed by atoms with Crippen molar-refractivity contribution in [3.8, 4) is 0 Å². The Bertz CT molecular complexity index is 735. The van der Waals surface area contributed by atoms with Gasteiger partial charge >= 0.3 is 180 Å². The maximum absolute atomic E-state index is 12.9. The summed E-state index contributed by atoms with van der Waals surface area (Å²) in [5.74, 6) is 0.205. The van der Waals surface area contributed by atoms with E-state index in [0.29, 0.717) is 26.2 Å². The van der Waals surface area contributed by atoms with Crippen molar-refractivity contribution in [2.24, 2.45) is 0 Å². The van der Waals surface area contributed by atoms with Crippen LogP contribution in [-0.4, -0.2) is 74.1 Å². The standard InChI is InChI=1S/C22H28N2O2Se2/c1-5-23(6-2)21(25)17-13-9-11-15-19(17)27-28-20-16-12-10-14-18(20)22(26)24(7-3)8-4/h9-16H,5-8H2,1-4H3. The van der Waals surface area contributed by atoms with Gasteiger partial charge in [0, 0.05) is 0 Å². The zero-order chi connectivity index (χ0) is 20.5. The zero-order valence-corrected chi connectivity index (χ0v) is 20.4. The fourth-order valence-corrected chi connectivity index (χ4v) is 9.98. The molecule has 0 aliphatic rings. The number of rotatable bonds is 9. The Labute approximate surface area is 179 Å². The summed E-state index contributed by atoms with van der Waals surface area (Å²) in [6, 6.07) is 15.8. The van der Waals surface area contributed by atoms with Crippen molar-refractivity contribution < 1.29 is 9.59 Å². The molecule has 0 N–H and O–H groups in total. The van der Waals surface area contributed by atoms with Crippen LogP contribution in [-0.2, 0) is 0 Å². The van der Waals surface area contributed by atoms with E-state index in [2.05, 4.69) is 12.1 Å². The number of amides is 2. The predicted octanol–water partition coefficient (Wildman–Crippen LogP) is 1.92. The van der Waals surface area contributed by atoms with Crippen molar-refractivity contribution in [1.82, 2.24) is 9.80 Å². The number of hydrogen-bond donors (Lipinski definition) is 0. The van der Waals surface area contributed by atoms with Gasteiger partial charge in [0.25, 0.3) is 0 Å². The SMILES string of the molecule is CCN(CC)C(=O)c1ccccc1[Se][Se]c1ccccc1C(=O)N(CC)CC. The number of nitrogens with zero attached hydrogens (tertiary/aromatic N) is 2. The Morgan fingerprint density at radius 2 is 0.964 bits per heavy atom. The molecule has 0 aromatic heterocycles. The monoisotopic (exact) mass is 512 g/mol. The second-order valence-electron chi connectivity index (χ2n) is 6.11. The summed E-state index contributed by atoms with van der Waals surface area (Å²) in [5.41, 5.74) is 1.61. The molecule has 4 nitrogen and oxygen atoms in total. The van der Waals surface area contributed by atoms with E-state index in [-0.39, 0.29) is 38.1 Å². The number of carbonyl (C=O) groups is 2. The van der Waals surface area contributed by atoms with Gasteiger partial charge < -0.3 is 0 Å². The summed E-state index contributed by atoms with van der Waals surface area (Å²) in [6.07, 6.45) is 0. The molecule has 0 heterocycles. The molecule has 28 heavy (non-hydrogen) atoms. The van der Waals surface area contributed by atoms with E-state index < -0.39 is 0 Å². The van der Waals surface area contributed by atoms with E-state index in [0.717, 1.165) is 20.1 Å². The summed E-state index contributed by atoms with van der Waals surface area (Å²) >= 11 is 0.262. The van der Waals surface area contributed by atoms with Gasteiger partial charge in [0.2, 0.25) is 0 Å². The molecule has 0 aliphatic carbocycles. The van der Waals surface area contributed by atoms with Gasteiger partial charge in [-0.3, -0.25) is 0 Å². The molecule has 0 saturated carbocycles. The number of benzene rings is 2. The molecule has 2 amide bonds. The Morgan fingerprint density at radius 1 is 0.643 bits per heavy atom. The van der Waals surface area contributed by atoms with Crippen LogP contribution >= 0.6 is 0 Å². The van der Waals surface area contributed by atoms with Crippen LogP contribution in [0.3, 0.4) is 0 Å². The molecular weight excluding hydrogens is 482 g/mol. The molecule has 2 rings (SSSR count). The molecule has 150 valence electrons. The maximum atomic E-state index is 12.9. The molecule has 0 atom stereocenters. The van der Waals surface area contributed by atoms with Crippen molar-refractivity contribution in [2.45, 2.75) is 27.7 Å². The van der Waals surface area contributed by atoms with Crippen molar-refractivity contribution in [2.75, 3.05) is 26.2 Å². The fourth-order valence-electron chi connectivity index (χ4n) is 2.88. The zero-order valence-electron chi connectivity index (χ0n) is 17.0. The van der Waals surface area contributed by atoms with Crippen LogP contribution in [0.15, 0.2) is 48.5 Å². The third-order valence-corrected chi connectivity index (χ3v) is 11.8. The molecule has 0 unspecified atom stereocenters. The third kappa shape index (κ3) is 5.48. The van der Waals surface area contributed by atoms with Gasteiger partial charge in [-0.05, 0) is 0 Å². The van der Waals surface area contributed by atoms with Crippen LogP contribution in [0.4, 0.5) is 0 Å². The summed E-state index contributed by atoms with van der Waals surface area (Å²) in [6.45, 7) is 10.9. The van der Waals surface area contributed by atoms with Crippen LogP contribution in [0.25, 0.3) is 0 Å². The first-order valence-corrected chi connectivity index (χ1v) is 15.7. The van der Waals surface area contributed by atoms with E-state index in [1.54, 1.807) is 0 Å². The Hall–Kier alpha value is -1.58.